The van der Waals surface area contributed by atoms with Crippen molar-refractivity contribution in [3.63, 3.8) is 0 Å². The lowest BCUT2D eigenvalue weighted by atomic mass is 9.85. The third kappa shape index (κ3) is 4.42. The van der Waals surface area contributed by atoms with Crippen molar-refractivity contribution in [2.75, 3.05) is 0 Å². The third-order valence-electron chi connectivity index (χ3n) is 11.4. The highest BCUT2D eigenvalue weighted by Gasteiger charge is 2.18. The Morgan fingerprint density at radius 2 is 0.778 bits per heavy atom. The molecule has 0 aliphatic rings. The minimum absolute atomic E-state index is 1.24. The summed E-state index contributed by atoms with van der Waals surface area (Å²) < 4.78 is 5.44. The van der Waals surface area contributed by atoms with Gasteiger partial charge in [-0.15, -0.1) is 22.7 Å². The SMILES string of the molecule is c1ccc(-c2c3ccccc3c(-c3ccc4cc(-c5ccc6sc7ccc8c(sc9ccc%10ccccc%10c98)c7c6c5)ccc4c3)c3ccccc23)cc1. The molecule has 54 heavy (non-hydrogen) atoms. The van der Waals surface area contributed by atoms with Crippen molar-refractivity contribution in [1.29, 1.82) is 0 Å². The first-order valence-corrected chi connectivity index (χ1v) is 20.1. The maximum atomic E-state index is 2.43. The van der Waals surface area contributed by atoms with Crippen molar-refractivity contribution in [2.24, 2.45) is 0 Å². The van der Waals surface area contributed by atoms with E-state index in [4.69, 9.17) is 0 Å². The molecule has 0 unspecified atom stereocenters. The van der Waals surface area contributed by atoms with Crippen molar-refractivity contribution in [3.8, 4) is 33.4 Å². The van der Waals surface area contributed by atoms with Crippen LogP contribution < -0.4 is 0 Å². The highest BCUT2D eigenvalue weighted by atomic mass is 32.1. The molecule has 0 bridgehead atoms. The van der Waals surface area contributed by atoms with E-state index in [1.165, 1.54) is 117 Å². The fourth-order valence-electron chi connectivity index (χ4n) is 8.98. The summed E-state index contributed by atoms with van der Waals surface area (Å²) in [4.78, 5) is 0. The van der Waals surface area contributed by atoms with Gasteiger partial charge in [-0.25, -0.2) is 0 Å². The van der Waals surface area contributed by atoms with Gasteiger partial charge in [0, 0.05) is 40.3 Å². The molecule has 2 heteroatoms. The van der Waals surface area contributed by atoms with Gasteiger partial charge in [-0.1, -0.05) is 146 Å². The smallest absolute Gasteiger partial charge is 0.0448 e. The first-order valence-electron chi connectivity index (χ1n) is 18.5. The molecule has 0 fully saturated rings. The molecule has 12 rings (SSSR count). The van der Waals surface area contributed by atoms with Crippen LogP contribution >= 0.6 is 22.7 Å². The Kier molecular flexibility index (Phi) is 6.48. The molecule has 0 amide bonds. The molecule has 0 radical (unpaired) electrons. The summed E-state index contributed by atoms with van der Waals surface area (Å²) in [5.74, 6) is 0. The Balaban J connectivity index is 1.01. The van der Waals surface area contributed by atoms with Crippen LogP contribution in [0, 0.1) is 0 Å². The Morgan fingerprint density at radius 3 is 1.52 bits per heavy atom. The highest BCUT2D eigenvalue weighted by molar-refractivity contribution is 7.29. The predicted octanol–water partition coefficient (Wildman–Crippen LogP) is 16.0. The first-order chi connectivity index (χ1) is 26.8. The fourth-order valence-corrected chi connectivity index (χ4v) is 11.4. The van der Waals surface area contributed by atoms with Crippen LogP contribution in [0.1, 0.15) is 0 Å². The second kappa shape index (κ2) is 11.6. The standard InChI is InChI=1S/C52H30S2/c1-2-11-32(12-3-1)48-39-14-6-8-16-41(39)49(42-17-9-7-15-40(42)48)37-21-20-33-28-34(18-19-35(33)29-37)36-23-25-45-44(30-36)51-47(53-45)27-24-43-50-38-13-5-4-10-31(38)22-26-46(50)54-52(43)51/h1-30H. The van der Waals surface area contributed by atoms with Crippen molar-refractivity contribution < 1.29 is 0 Å². The number of benzene rings is 10. The van der Waals surface area contributed by atoms with E-state index in [1.54, 1.807) is 0 Å². The zero-order chi connectivity index (χ0) is 35.3. The van der Waals surface area contributed by atoms with Gasteiger partial charge < -0.3 is 0 Å². The van der Waals surface area contributed by atoms with Gasteiger partial charge in [0.2, 0.25) is 0 Å². The molecule has 2 aromatic heterocycles. The van der Waals surface area contributed by atoms with E-state index >= 15 is 0 Å². The molecule has 0 nitrogen and oxygen atoms in total. The van der Waals surface area contributed by atoms with Crippen LogP contribution in [0.3, 0.4) is 0 Å². The van der Waals surface area contributed by atoms with E-state index in [9.17, 15) is 0 Å². The molecule has 0 atom stereocenters. The second-order valence-electron chi connectivity index (χ2n) is 14.4. The van der Waals surface area contributed by atoms with Crippen LogP contribution in [-0.4, -0.2) is 0 Å². The third-order valence-corrected chi connectivity index (χ3v) is 13.7. The van der Waals surface area contributed by atoms with Crippen molar-refractivity contribution >= 4 is 106 Å². The molecule has 2 heterocycles. The maximum absolute atomic E-state index is 2.43. The molecule has 10 aromatic carbocycles. The summed E-state index contributed by atoms with van der Waals surface area (Å²) >= 11 is 3.84. The summed E-state index contributed by atoms with van der Waals surface area (Å²) in [7, 11) is 0. The highest BCUT2D eigenvalue weighted by Crippen LogP contribution is 2.48. The quantitative estimate of drug-likeness (QED) is 0.160. The summed E-state index contributed by atoms with van der Waals surface area (Å²) in [5.41, 5.74) is 7.58. The topological polar surface area (TPSA) is 0 Å². The minimum Gasteiger partial charge on any atom is -0.135 e. The van der Waals surface area contributed by atoms with E-state index < -0.39 is 0 Å². The molecule has 0 saturated carbocycles. The first kappa shape index (κ1) is 30.2. The van der Waals surface area contributed by atoms with Crippen LogP contribution in [0.25, 0.3) is 117 Å². The summed E-state index contributed by atoms with van der Waals surface area (Å²) in [6.45, 7) is 0. The van der Waals surface area contributed by atoms with Crippen LogP contribution in [0.4, 0.5) is 0 Å². The summed E-state index contributed by atoms with van der Waals surface area (Å²) in [6.07, 6.45) is 0. The second-order valence-corrected chi connectivity index (χ2v) is 16.5. The van der Waals surface area contributed by atoms with Gasteiger partial charge >= 0.3 is 0 Å². The largest absolute Gasteiger partial charge is 0.135 e. The van der Waals surface area contributed by atoms with Crippen molar-refractivity contribution in [2.45, 2.75) is 0 Å². The zero-order valence-electron chi connectivity index (χ0n) is 29.1. The Morgan fingerprint density at radius 1 is 0.259 bits per heavy atom. The molecule has 0 N–H and O–H groups in total. The van der Waals surface area contributed by atoms with Crippen LogP contribution in [0.5, 0.6) is 0 Å². The normalized spacial score (nSPS) is 12.1. The molecule has 0 spiro atoms. The molecule has 0 saturated heterocycles. The number of rotatable bonds is 3. The Labute approximate surface area is 319 Å². The molecule has 12 aromatic rings. The number of fused-ring (bicyclic) bond motifs is 12. The van der Waals surface area contributed by atoms with Gasteiger partial charge in [-0.3, -0.25) is 0 Å². The maximum Gasteiger partial charge on any atom is 0.0448 e. The van der Waals surface area contributed by atoms with Crippen molar-refractivity contribution in [1.82, 2.24) is 0 Å². The molecule has 0 aliphatic carbocycles. The summed E-state index contributed by atoms with van der Waals surface area (Å²) in [5, 5.41) is 15.7. The number of hydrogen-bond donors (Lipinski definition) is 0. The van der Waals surface area contributed by atoms with Crippen LogP contribution in [-0.2, 0) is 0 Å². The molecular formula is C52H30S2. The zero-order valence-corrected chi connectivity index (χ0v) is 30.8. The van der Waals surface area contributed by atoms with Gasteiger partial charge in [0.15, 0.2) is 0 Å². The van der Waals surface area contributed by atoms with E-state index in [0.717, 1.165) is 0 Å². The average molecular weight is 719 g/mol. The Hall–Kier alpha value is -6.32. The summed E-state index contributed by atoms with van der Waals surface area (Å²) in [6, 6.07) is 67.7. The lowest BCUT2D eigenvalue weighted by molar-refractivity contribution is 1.66. The molecule has 250 valence electrons. The van der Waals surface area contributed by atoms with Gasteiger partial charge in [0.05, 0.1) is 0 Å². The lowest BCUT2D eigenvalue weighted by Crippen LogP contribution is -1.90. The minimum atomic E-state index is 1.24. The Bertz CT molecular complexity index is 3430. The van der Waals surface area contributed by atoms with Crippen molar-refractivity contribution in [3.05, 3.63) is 182 Å². The monoisotopic (exact) mass is 718 g/mol. The van der Waals surface area contributed by atoms with E-state index in [2.05, 4.69) is 182 Å². The van der Waals surface area contributed by atoms with E-state index in [-0.39, 0.29) is 0 Å². The van der Waals surface area contributed by atoms with E-state index in [1.807, 2.05) is 22.7 Å². The number of thiophene rings is 2. The van der Waals surface area contributed by atoms with E-state index in [0.29, 0.717) is 0 Å². The van der Waals surface area contributed by atoms with Gasteiger partial charge in [-0.2, -0.15) is 0 Å². The fraction of sp³-hybridized carbons (Fsp3) is 0. The van der Waals surface area contributed by atoms with Crippen LogP contribution in [0.15, 0.2) is 182 Å². The van der Waals surface area contributed by atoms with Gasteiger partial charge in [-0.05, 0) is 113 Å². The molecule has 0 aliphatic heterocycles. The number of hydrogen-bond acceptors (Lipinski definition) is 2. The lowest BCUT2D eigenvalue weighted by Gasteiger charge is -2.18. The average Bonchev–Trinajstić information content (AvgIpc) is 3.81. The molecular weight excluding hydrogens is 689 g/mol. The predicted molar refractivity (Wildman–Crippen MR) is 239 cm³/mol. The van der Waals surface area contributed by atoms with Gasteiger partial charge in [0.1, 0.15) is 0 Å². The van der Waals surface area contributed by atoms with Gasteiger partial charge in [0.25, 0.3) is 0 Å². The van der Waals surface area contributed by atoms with Crippen LogP contribution in [0.2, 0.25) is 0 Å².